The van der Waals surface area contributed by atoms with Crippen LogP contribution in [0.1, 0.15) is 18.4 Å². The molecule has 0 radical (unpaired) electrons. The fourth-order valence-corrected chi connectivity index (χ4v) is 8.55. The van der Waals surface area contributed by atoms with Gasteiger partial charge in [-0.1, -0.05) is 158 Å². The number of rotatable bonds is 7. The van der Waals surface area contributed by atoms with E-state index in [1.165, 1.54) is 15.8 Å². The monoisotopic (exact) mass is 722 g/mol. The maximum Gasteiger partial charge on any atom is 0.161 e. The lowest BCUT2D eigenvalue weighted by molar-refractivity contribution is 1.04. The van der Waals surface area contributed by atoms with E-state index in [0.717, 1.165) is 84.5 Å². The van der Waals surface area contributed by atoms with Gasteiger partial charge in [-0.05, 0) is 48.2 Å². The van der Waals surface area contributed by atoms with Crippen LogP contribution in [0.4, 0.5) is 0 Å². The SMILES string of the molecule is C1=CC(c2ccc(-c3cc(-c4ccccc4)nc(-c4cccc5sc6cc(-c7nc(-c8ccccc8)cc(-c8ccccc8)n7)ccc6c45)n3)cc2)=CCC1. The number of hydrogen-bond acceptors (Lipinski definition) is 5. The Balaban J connectivity index is 1.10. The van der Waals surface area contributed by atoms with Crippen LogP contribution in [0.25, 0.3) is 93.6 Å². The molecular formula is C50H34N4S. The maximum atomic E-state index is 5.27. The van der Waals surface area contributed by atoms with Gasteiger partial charge in [0.25, 0.3) is 0 Å². The molecule has 0 bridgehead atoms. The number of thiophene rings is 1. The van der Waals surface area contributed by atoms with E-state index in [0.29, 0.717) is 11.6 Å². The third kappa shape index (κ3) is 6.45. The molecule has 0 saturated carbocycles. The summed E-state index contributed by atoms with van der Waals surface area (Å²) in [5.41, 5.74) is 12.3. The molecule has 4 nitrogen and oxygen atoms in total. The minimum Gasteiger partial charge on any atom is -0.228 e. The minimum absolute atomic E-state index is 0.699. The van der Waals surface area contributed by atoms with Crippen LogP contribution < -0.4 is 0 Å². The largest absolute Gasteiger partial charge is 0.228 e. The Morgan fingerprint density at radius 3 is 1.49 bits per heavy atom. The molecule has 3 aromatic heterocycles. The van der Waals surface area contributed by atoms with Gasteiger partial charge >= 0.3 is 0 Å². The first kappa shape index (κ1) is 32.8. The summed E-state index contributed by atoms with van der Waals surface area (Å²) in [5.74, 6) is 1.41. The quantitative estimate of drug-likeness (QED) is 0.164. The second kappa shape index (κ2) is 14.2. The molecule has 0 aliphatic heterocycles. The Labute approximate surface area is 323 Å². The summed E-state index contributed by atoms with van der Waals surface area (Å²) in [6.07, 6.45) is 8.98. The van der Waals surface area contributed by atoms with Crippen molar-refractivity contribution in [2.75, 3.05) is 0 Å². The van der Waals surface area contributed by atoms with Gasteiger partial charge in [0, 0.05) is 53.6 Å². The van der Waals surface area contributed by atoms with Gasteiger partial charge in [-0.15, -0.1) is 11.3 Å². The van der Waals surface area contributed by atoms with Gasteiger partial charge in [0.15, 0.2) is 11.6 Å². The Morgan fingerprint density at radius 2 is 0.927 bits per heavy atom. The van der Waals surface area contributed by atoms with Crippen LogP contribution in [0.15, 0.2) is 182 Å². The topological polar surface area (TPSA) is 51.6 Å². The first-order valence-corrected chi connectivity index (χ1v) is 19.4. The Hall–Kier alpha value is -6.82. The van der Waals surface area contributed by atoms with Crippen molar-refractivity contribution in [2.24, 2.45) is 0 Å². The average molecular weight is 723 g/mol. The minimum atomic E-state index is 0.699. The van der Waals surface area contributed by atoms with Crippen LogP contribution in [0.3, 0.4) is 0 Å². The second-order valence-electron chi connectivity index (χ2n) is 13.7. The smallest absolute Gasteiger partial charge is 0.161 e. The third-order valence-electron chi connectivity index (χ3n) is 10.2. The van der Waals surface area contributed by atoms with Crippen LogP contribution in [0.5, 0.6) is 0 Å². The number of benzene rings is 6. The zero-order valence-corrected chi connectivity index (χ0v) is 30.7. The van der Waals surface area contributed by atoms with E-state index in [1.807, 2.05) is 42.5 Å². The highest BCUT2D eigenvalue weighted by Crippen LogP contribution is 2.42. The van der Waals surface area contributed by atoms with E-state index < -0.39 is 0 Å². The number of allylic oxidation sites excluding steroid dienone is 4. The molecule has 260 valence electrons. The molecule has 0 amide bonds. The molecule has 0 fully saturated rings. The van der Waals surface area contributed by atoms with Gasteiger partial charge in [0.2, 0.25) is 0 Å². The zero-order chi connectivity index (χ0) is 36.6. The second-order valence-corrected chi connectivity index (χ2v) is 14.8. The molecule has 0 spiro atoms. The van der Waals surface area contributed by atoms with E-state index in [4.69, 9.17) is 19.9 Å². The summed E-state index contributed by atoms with van der Waals surface area (Å²) < 4.78 is 2.35. The molecule has 1 aliphatic rings. The summed E-state index contributed by atoms with van der Waals surface area (Å²) in [4.78, 5) is 20.7. The highest BCUT2D eigenvalue weighted by atomic mass is 32.1. The average Bonchev–Trinajstić information content (AvgIpc) is 3.66. The molecule has 3 heterocycles. The third-order valence-corrected chi connectivity index (χ3v) is 11.3. The van der Waals surface area contributed by atoms with Gasteiger partial charge < -0.3 is 0 Å². The van der Waals surface area contributed by atoms with Crippen LogP contribution in [-0.2, 0) is 0 Å². The molecule has 0 unspecified atom stereocenters. The summed E-state index contributed by atoms with van der Waals surface area (Å²) in [6.45, 7) is 0. The molecule has 6 aromatic carbocycles. The van der Waals surface area contributed by atoms with Crippen molar-refractivity contribution in [3.8, 4) is 67.8 Å². The lowest BCUT2D eigenvalue weighted by atomic mass is 9.97. The van der Waals surface area contributed by atoms with Gasteiger partial charge in [-0.3, -0.25) is 0 Å². The highest BCUT2D eigenvalue weighted by Gasteiger charge is 2.18. The van der Waals surface area contributed by atoms with Crippen LogP contribution >= 0.6 is 11.3 Å². The number of nitrogens with zero attached hydrogens (tertiary/aromatic N) is 4. The van der Waals surface area contributed by atoms with Crippen molar-refractivity contribution in [1.29, 1.82) is 0 Å². The standard InChI is InChI=1S/C50H34N4S/c1-5-14-33(15-6-1)34-24-26-38(27-25-34)45-32-44(37-20-11-4-12-21-37)53-50(54-45)41-22-13-23-46-48(41)40-29-28-39(30-47(40)55-46)49-51-42(35-16-7-2-8-17-35)31-43(52-49)36-18-9-3-10-19-36/h2-5,7-32H,1,6H2. The molecule has 5 heteroatoms. The highest BCUT2D eigenvalue weighted by molar-refractivity contribution is 7.26. The van der Waals surface area contributed by atoms with E-state index in [9.17, 15) is 0 Å². The Bertz CT molecular complexity index is 2840. The fraction of sp³-hybridized carbons (Fsp3) is 0.0400. The van der Waals surface area contributed by atoms with Gasteiger partial charge in [-0.2, -0.15) is 0 Å². The molecule has 0 N–H and O–H groups in total. The van der Waals surface area contributed by atoms with Crippen molar-refractivity contribution in [3.05, 3.63) is 188 Å². The summed E-state index contributed by atoms with van der Waals surface area (Å²) in [7, 11) is 0. The van der Waals surface area contributed by atoms with Gasteiger partial charge in [0.1, 0.15) is 0 Å². The van der Waals surface area contributed by atoms with Gasteiger partial charge in [0.05, 0.1) is 22.8 Å². The summed E-state index contributed by atoms with van der Waals surface area (Å²) in [6, 6.07) is 57.0. The van der Waals surface area contributed by atoms with Crippen molar-refractivity contribution < 1.29 is 0 Å². The molecular weight excluding hydrogens is 689 g/mol. The summed E-state index contributed by atoms with van der Waals surface area (Å²) in [5, 5.41) is 2.32. The first-order chi connectivity index (χ1) is 27.2. The number of fused-ring (bicyclic) bond motifs is 3. The van der Waals surface area contributed by atoms with Crippen molar-refractivity contribution in [2.45, 2.75) is 12.8 Å². The van der Waals surface area contributed by atoms with E-state index in [-0.39, 0.29) is 0 Å². The molecule has 55 heavy (non-hydrogen) atoms. The lowest BCUT2D eigenvalue weighted by Crippen LogP contribution is -1.96. The number of aromatic nitrogens is 4. The normalized spacial score (nSPS) is 12.6. The molecule has 10 rings (SSSR count). The van der Waals surface area contributed by atoms with Crippen LogP contribution in [0.2, 0.25) is 0 Å². The Morgan fingerprint density at radius 1 is 0.400 bits per heavy atom. The molecule has 0 atom stereocenters. The lowest BCUT2D eigenvalue weighted by Gasteiger charge is -2.12. The first-order valence-electron chi connectivity index (χ1n) is 18.6. The summed E-state index contributed by atoms with van der Waals surface area (Å²) >= 11 is 1.77. The van der Waals surface area contributed by atoms with Crippen LogP contribution in [0, 0.1) is 0 Å². The Kier molecular flexibility index (Phi) is 8.47. The maximum absolute atomic E-state index is 5.27. The van der Waals surface area contributed by atoms with E-state index >= 15 is 0 Å². The van der Waals surface area contributed by atoms with Gasteiger partial charge in [-0.25, -0.2) is 19.9 Å². The number of hydrogen-bond donors (Lipinski definition) is 0. The molecule has 9 aromatic rings. The van der Waals surface area contributed by atoms with Crippen molar-refractivity contribution in [1.82, 2.24) is 19.9 Å². The predicted molar refractivity (Wildman–Crippen MR) is 229 cm³/mol. The van der Waals surface area contributed by atoms with Crippen LogP contribution in [-0.4, -0.2) is 19.9 Å². The molecule has 0 saturated heterocycles. The van der Waals surface area contributed by atoms with E-state index in [1.54, 1.807) is 11.3 Å². The predicted octanol–water partition coefficient (Wildman–Crippen LogP) is 13.4. The zero-order valence-electron chi connectivity index (χ0n) is 29.9. The van der Waals surface area contributed by atoms with Crippen molar-refractivity contribution >= 4 is 37.1 Å². The van der Waals surface area contributed by atoms with E-state index in [2.05, 4.69) is 140 Å². The fourth-order valence-electron chi connectivity index (χ4n) is 7.37. The molecule has 1 aliphatic carbocycles. The van der Waals surface area contributed by atoms with Crippen molar-refractivity contribution in [3.63, 3.8) is 0 Å².